The lowest BCUT2D eigenvalue weighted by Crippen LogP contribution is -2.24. The van der Waals surface area contributed by atoms with Gasteiger partial charge in [-0.05, 0) is 82.3 Å². The van der Waals surface area contributed by atoms with Gasteiger partial charge in [-0.3, -0.25) is 4.57 Å². The van der Waals surface area contributed by atoms with Gasteiger partial charge in [0.25, 0.3) is 0 Å². The molecule has 4 heterocycles. The number of fused-ring (bicyclic) bond motifs is 6. The normalized spacial score (nSPS) is 13.2. The van der Waals surface area contributed by atoms with E-state index in [1.807, 2.05) is 6.20 Å². The second-order valence-electron chi connectivity index (χ2n) is 17.1. The van der Waals surface area contributed by atoms with Gasteiger partial charge in [-0.1, -0.05) is 124 Å². The molecule has 0 bridgehead atoms. The Bertz CT molecular complexity index is 3300. The fourth-order valence-electron chi connectivity index (χ4n) is 9.00. The first-order valence-corrected chi connectivity index (χ1v) is 20.9. The number of rotatable bonds is 7. The van der Waals surface area contributed by atoms with Crippen molar-refractivity contribution in [3.05, 3.63) is 199 Å². The summed E-state index contributed by atoms with van der Waals surface area (Å²) in [5, 5.41) is 4.58. The van der Waals surface area contributed by atoms with Crippen molar-refractivity contribution in [3.8, 4) is 34.1 Å². The van der Waals surface area contributed by atoms with Crippen molar-refractivity contribution in [2.24, 2.45) is 0 Å². The molecule has 0 saturated carbocycles. The summed E-state index contributed by atoms with van der Waals surface area (Å²) in [5.41, 5.74) is 12.4. The zero-order valence-corrected chi connectivity index (χ0v) is 34.7. The van der Waals surface area contributed by atoms with Crippen molar-refractivity contribution in [3.63, 3.8) is 0 Å². The highest BCUT2D eigenvalue weighted by Crippen LogP contribution is 2.41. The van der Waals surface area contributed by atoms with Gasteiger partial charge >= 0.3 is 0 Å². The third-order valence-electron chi connectivity index (χ3n) is 12.0. The summed E-state index contributed by atoms with van der Waals surface area (Å²) in [6, 6.07) is 62.6. The lowest BCUT2D eigenvalue weighted by Gasteiger charge is -2.27. The molecule has 0 atom stereocenters. The molecule has 1 aliphatic rings. The van der Waals surface area contributed by atoms with Crippen molar-refractivity contribution in [1.29, 1.82) is 0 Å². The summed E-state index contributed by atoms with van der Waals surface area (Å²) in [6.07, 6.45) is 4.26. The summed E-state index contributed by atoms with van der Waals surface area (Å²) < 4.78 is 11.6. The van der Waals surface area contributed by atoms with E-state index in [1.165, 1.54) is 27.6 Å². The van der Waals surface area contributed by atoms with Crippen molar-refractivity contribution in [1.82, 2.24) is 19.0 Å². The van der Waals surface area contributed by atoms with Crippen molar-refractivity contribution >= 4 is 55.0 Å². The minimum Gasteiger partial charge on any atom is -0.457 e. The molecule has 0 radical (unpaired) electrons. The standard InChI is InChI=1S/C55H45N5O/c1-55(2,3)40-29-42(58-36-57(4)35-53(58)38-18-10-6-11-19-38)31-44(30-40)61-43-25-26-46-47-28-39(37-16-8-5-9-17-37)24-27-50(47)60(51(46)32-43)54-33-52-48(34-56-54)45-22-14-15-23-49(45)59(52)41-20-12-7-13-21-41/h5-35H,36H2,1-4H3. The molecule has 0 fully saturated rings. The van der Waals surface area contributed by atoms with E-state index in [0.717, 1.165) is 79.3 Å². The highest BCUT2D eigenvalue weighted by Gasteiger charge is 2.25. The van der Waals surface area contributed by atoms with Crippen LogP contribution in [0.4, 0.5) is 5.69 Å². The fraction of sp³-hybridized carbons (Fsp3) is 0.109. The van der Waals surface area contributed by atoms with Crippen LogP contribution >= 0.6 is 0 Å². The number of hydrogen-bond donors (Lipinski definition) is 0. The monoisotopic (exact) mass is 791 g/mol. The Morgan fingerprint density at radius 1 is 0.492 bits per heavy atom. The van der Waals surface area contributed by atoms with E-state index in [9.17, 15) is 0 Å². The summed E-state index contributed by atoms with van der Waals surface area (Å²) in [5.74, 6) is 2.39. The number of ether oxygens (including phenoxy) is 1. The molecule has 61 heavy (non-hydrogen) atoms. The van der Waals surface area contributed by atoms with Gasteiger partial charge in [-0.15, -0.1) is 0 Å². The second-order valence-corrected chi connectivity index (χ2v) is 17.1. The van der Waals surface area contributed by atoms with Crippen LogP contribution in [0.2, 0.25) is 0 Å². The smallest absolute Gasteiger partial charge is 0.139 e. The maximum atomic E-state index is 6.96. The minimum absolute atomic E-state index is 0.101. The lowest BCUT2D eigenvalue weighted by molar-refractivity contribution is 0.477. The SMILES string of the molecule is CN1C=C(c2ccccc2)N(c2cc(Oc3ccc4c5cc(-c6ccccc6)ccc5n(-c5cc6c(cn5)c5ccccc5n6-c5ccccc5)c4c3)cc(C(C)(C)C)c2)C1. The van der Waals surface area contributed by atoms with Crippen LogP contribution in [0.25, 0.3) is 71.9 Å². The first kappa shape index (κ1) is 36.5. The number of para-hydroxylation sites is 2. The predicted molar refractivity (Wildman–Crippen MR) is 253 cm³/mol. The molecule has 0 unspecified atom stereocenters. The van der Waals surface area contributed by atoms with Crippen LogP contribution in [0.15, 0.2) is 188 Å². The van der Waals surface area contributed by atoms with E-state index < -0.39 is 0 Å². The molecule has 6 nitrogen and oxygen atoms in total. The first-order chi connectivity index (χ1) is 29.8. The molecule has 11 rings (SSSR count). The molecule has 296 valence electrons. The van der Waals surface area contributed by atoms with Crippen molar-refractivity contribution < 1.29 is 4.74 Å². The number of benzene rings is 7. The van der Waals surface area contributed by atoms with Crippen LogP contribution in [0.5, 0.6) is 11.5 Å². The molecule has 6 heteroatoms. The molecule has 10 aromatic rings. The minimum atomic E-state index is -0.101. The number of anilines is 1. The van der Waals surface area contributed by atoms with Crippen LogP contribution in [0.3, 0.4) is 0 Å². The molecule has 0 N–H and O–H groups in total. The van der Waals surface area contributed by atoms with E-state index in [4.69, 9.17) is 9.72 Å². The zero-order chi connectivity index (χ0) is 41.2. The Hall–Kier alpha value is -7.57. The van der Waals surface area contributed by atoms with Crippen LogP contribution in [-0.2, 0) is 5.41 Å². The third-order valence-corrected chi connectivity index (χ3v) is 12.0. The van der Waals surface area contributed by atoms with E-state index in [-0.39, 0.29) is 5.41 Å². The van der Waals surface area contributed by atoms with Gasteiger partial charge in [0.15, 0.2) is 0 Å². The van der Waals surface area contributed by atoms with Gasteiger partial charge in [0, 0.05) is 70.6 Å². The van der Waals surface area contributed by atoms with Crippen molar-refractivity contribution in [2.75, 3.05) is 18.6 Å². The maximum absolute atomic E-state index is 6.96. The molecule has 0 saturated heterocycles. The van der Waals surface area contributed by atoms with Crippen molar-refractivity contribution in [2.45, 2.75) is 26.2 Å². The number of pyridine rings is 1. The van der Waals surface area contributed by atoms with Gasteiger partial charge in [-0.25, -0.2) is 4.98 Å². The average Bonchev–Trinajstić information content (AvgIpc) is 3.95. The summed E-state index contributed by atoms with van der Waals surface area (Å²) in [6.45, 7) is 7.52. The molecular weight excluding hydrogens is 747 g/mol. The van der Waals surface area contributed by atoms with Gasteiger partial charge in [0.1, 0.15) is 17.3 Å². The fourth-order valence-corrected chi connectivity index (χ4v) is 9.00. The summed E-state index contributed by atoms with van der Waals surface area (Å²) in [4.78, 5) is 9.83. The number of hydrogen-bond acceptors (Lipinski definition) is 4. The maximum Gasteiger partial charge on any atom is 0.139 e. The van der Waals surface area contributed by atoms with Gasteiger partial charge in [0.05, 0.1) is 34.4 Å². The number of aromatic nitrogens is 3. The van der Waals surface area contributed by atoms with E-state index in [1.54, 1.807) is 0 Å². The lowest BCUT2D eigenvalue weighted by atomic mass is 9.86. The highest BCUT2D eigenvalue weighted by atomic mass is 16.5. The number of nitrogens with zero attached hydrogens (tertiary/aromatic N) is 5. The quantitative estimate of drug-likeness (QED) is 0.161. The Morgan fingerprint density at radius 2 is 1.16 bits per heavy atom. The van der Waals surface area contributed by atoms with Crippen LogP contribution in [0.1, 0.15) is 31.9 Å². The Labute approximate surface area is 355 Å². The summed E-state index contributed by atoms with van der Waals surface area (Å²) >= 11 is 0. The third kappa shape index (κ3) is 6.39. The van der Waals surface area contributed by atoms with E-state index in [2.05, 4.69) is 229 Å². The molecule has 0 aliphatic carbocycles. The first-order valence-electron chi connectivity index (χ1n) is 20.9. The predicted octanol–water partition coefficient (Wildman–Crippen LogP) is 13.7. The van der Waals surface area contributed by atoms with Crippen LogP contribution < -0.4 is 9.64 Å². The Kier molecular flexibility index (Phi) is 8.57. The molecule has 0 spiro atoms. The van der Waals surface area contributed by atoms with Gasteiger partial charge < -0.3 is 19.1 Å². The highest BCUT2D eigenvalue weighted by molar-refractivity contribution is 6.12. The molecule has 7 aromatic carbocycles. The van der Waals surface area contributed by atoms with Gasteiger partial charge in [-0.2, -0.15) is 0 Å². The van der Waals surface area contributed by atoms with Crippen LogP contribution in [-0.4, -0.2) is 32.7 Å². The van der Waals surface area contributed by atoms with E-state index >= 15 is 0 Å². The second kappa shape index (κ2) is 14.3. The molecule has 0 amide bonds. The largest absolute Gasteiger partial charge is 0.457 e. The average molecular weight is 792 g/mol. The Morgan fingerprint density at radius 3 is 1.93 bits per heavy atom. The molecule has 3 aromatic heterocycles. The summed E-state index contributed by atoms with van der Waals surface area (Å²) in [7, 11) is 2.12. The zero-order valence-electron chi connectivity index (χ0n) is 34.7. The molecular formula is C55H45N5O. The molecule has 1 aliphatic heterocycles. The van der Waals surface area contributed by atoms with Gasteiger partial charge in [0.2, 0.25) is 0 Å². The van der Waals surface area contributed by atoms with Crippen LogP contribution in [0, 0.1) is 0 Å². The topological polar surface area (TPSA) is 38.5 Å². The Balaban J connectivity index is 1.08. The van der Waals surface area contributed by atoms with E-state index in [0.29, 0.717) is 0 Å².